The van der Waals surface area contributed by atoms with Crippen LogP contribution in [0.5, 0.6) is 0 Å². The second kappa shape index (κ2) is 8.06. The van der Waals surface area contributed by atoms with Crippen molar-refractivity contribution < 1.29 is 27.9 Å². The van der Waals surface area contributed by atoms with Crippen molar-refractivity contribution in [2.75, 3.05) is 5.43 Å². The van der Waals surface area contributed by atoms with Crippen LogP contribution in [-0.2, 0) is 6.18 Å². The highest BCUT2D eigenvalue weighted by atomic mass is 19.4. The first-order chi connectivity index (χ1) is 16.0. The molecule has 0 aliphatic carbocycles. The summed E-state index contributed by atoms with van der Waals surface area (Å²) in [5, 5.41) is 9.12. The number of H-pyrrole nitrogens is 1. The number of aromatic amines is 1. The van der Waals surface area contributed by atoms with Crippen molar-refractivity contribution in [3.63, 3.8) is 0 Å². The minimum Gasteiger partial charge on any atom is -0.478 e. The molecule has 34 heavy (non-hydrogen) atoms. The largest absolute Gasteiger partial charge is 0.478 e. The number of alkyl halides is 3. The number of rotatable bonds is 4. The van der Waals surface area contributed by atoms with Crippen LogP contribution in [0.3, 0.4) is 0 Å². The van der Waals surface area contributed by atoms with E-state index in [1.807, 2.05) is 0 Å². The SMILES string of the molecule is Cc1ccccc1C(=O)Nn1c(=O)c(=O)[nH]c2cc(C(F)(F)F)c(-n3ccc(C(=O)O)c3)cc21. The number of carbonyl (C=O) groups excluding carboxylic acids is 1. The summed E-state index contributed by atoms with van der Waals surface area (Å²) >= 11 is 0. The summed E-state index contributed by atoms with van der Waals surface area (Å²) < 4.78 is 43.0. The first-order valence-electron chi connectivity index (χ1n) is 9.66. The number of carboxylic acids is 1. The minimum atomic E-state index is -4.89. The molecule has 9 nitrogen and oxygen atoms in total. The number of nitrogens with zero attached hydrogens (tertiary/aromatic N) is 2. The van der Waals surface area contributed by atoms with E-state index in [2.05, 4.69) is 10.4 Å². The zero-order valence-electron chi connectivity index (χ0n) is 17.3. The van der Waals surface area contributed by atoms with E-state index in [-0.39, 0.29) is 22.2 Å². The normalized spacial score (nSPS) is 11.5. The summed E-state index contributed by atoms with van der Waals surface area (Å²) in [5.74, 6) is -2.11. The average Bonchev–Trinajstić information content (AvgIpc) is 3.26. The highest BCUT2D eigenvalue weighted by molar-refractivity contribution is 6.01. The third kappa shape index (κ3) is 3.96. The Labute approximate surface area is 187 Å². The van der Waals surface area contributed by atoms with Crippen LogP contribution in [-0.4, -0.2) is 31.2 Å². The average molecular weight is 472 g/mol. The number of hydrogen-bond donors (Lipinski definition) is 3. The predicted molar refractivity (Wildman–Crippen MR) is 115 cm³/mol. The Kier molecular flexibility index (Phi) is 5.36. The van der Waals surface area contributed by atoms with Gasteiger partial charge in [-0.2, -0.15) is 13.2 Å². The lowest BCUT2D eigenvalue weighted by Gasteiger charge is -2.17. The molecular formula is C22H15F3N4O5. The molecule has 0 bridgehead atoms. The van der Waals surface area contributed by atoms with Crippen LogP contribution < -0.4 is 16.5 Å². The van der Waals surface area contributed by atoms with Crippen molar-refractivity contribution in [3.8, 4) is 5.69 Å². The second-order valence-corrected chi connectivity index (χ2v) is 7.35. The number of hydrogen-bond acceptors (Lipinski definition) is 4. The van der Waals surface area contributed by atoms with Gasteiger partial charge >= 0.3 is 23.3 Å². The monoisotopic (exact) mass is 472 g/mol. The molecule has 12 heteroatoms. The summed E-state index contributed by atoms with van der Waals surface area (Å²) in [6.07, 6.45) is -2.81. The molecule has 0 saturated carbocycles. The Bertz CT molecular complexity index is 1580. The molecule has 0 aliphatic rings. The fraction of sp³-hybridized carbons (Fsp3) is 0.0909. The number of aromatic carboxylic acids is 1. The van der Waals surface area contributed by atoms with Gasteiger partial charge in [-0.05, 0) is 36.8 Å². The Hall–Kier alpha value is -4.61. The molecule has 2 aromatic carbocycles. The van der Waals surface area contributed by atoms with Crippen LogP contribution in [0.1, 0.15) is 31.8 Å². The zero-order chi connectivity index (χ0) is 24.8. The quantitative estimate of drug-likeness (QED) is 0.394. The third-order valence-electron chi connectivity index (χ3n) is 5.13. The van der Waals surface area contributed by atoms with Gasteiger partial charge in [-0.3, -0.25) is 19.8 Å². The summed E-state index contributed by atoms with van der Waals surface area (Å²) in [4.78, 5) is 50.7. The van der Waals surface area contributed by atoms with Crippen LogP contribution in [0.25, 0.3) is 16.7 Å². The van der Waals surface area contributed by atoms with Crippen molar-refractivity contribution in [3.05, 3.63) is 97.8 Å². The lowest BCUT2D eigenvalue weighted by Crippen LogP contribution is -2.42. The Balaban J connectivity index is 1.98. The van der Waals surface area contributed by atoms with Gasteiger partial charge in [-0.1, -0.05) is 18.2 Å². The number of aryl methyl sites for hydroxylation is 1. The van der Waals surface area contributed by atoms with E-state index in [4.69, 9.17) is 5.11 Å². The summed E-state index contributed by atoms with van der Waals surface area (Å²) in [6, 6.07) is 9.04. The van der Waals surface area contributed by atoms with E-state index >= 15 is 0 Å². The maximum absolute atomic E-state index is 13.8. The van der Waals surface area contributed by atoms with Crippen molar-refractivity contribution >= 4 is 22.9 Å². The molecule has 3 N–H and O–H groups in total. The van der Waals surface area contributed by atoms with Crippen molar-refractivity contribution in [1.82, 2.24) is 14.2 Å². The molecule has 0 atom stereocenters. The number of carbonyl (C=O) groups is 2. The second-order valence-electron chi connectivity index (χ2n) is 7.35. The van der Waals surface area contributed by atoms with Gasteiger partial charge in [-0.25, -0.2) is 9.47 Å². The van der Waals surface area contributed by atoms with Gasteiger partial charge in [0.2, 0.25) is 0 Å². The lowest BCUT2D eigenvalue weighted by molar-refractivity contribution is -0.137. The predicted octanol–water partition coefficient (Wildman–Crippen LogP) is 2.89. The number of fused-ring (bicyclic) bond motifs is 1. The summed E-state index contributed by atoms with van der Waals surface area (Å²) in [5.41, 5.74) is -2.02. The highest BCUT2D eigenvalue weighted by Gasteiger charge is 2.35. The van der Waals surface area contributed by atoms with Crippen LogP contribution >= 0.6 is 0 Å². The molecule has 1 amide bonds. The number of nitrogens with one attached hydrogen (secondary N) is 2. The van der Waals surface area contributed by atoms with Crippen LogP contribution in [0, 0.1) is 6.92 Å². The molecule has 0 saturated heterocycles. The fourth-order valence-electron chi connectivity index (χ4n) is 3.46. The molecule has 4 rings (SSSR count). The summed E-state index contributed by atoms with van der Waals surface area (Å²) in [7, 11) is 0. The van der Waals surface area contributed by atoms with Crippen LogP contribution in [0.15, 0.2) is 64.4 Å². The molecule has 0 unspecified atom stereocenters. The van der Waals surface area contributed by atoms with Crippen LogP contribution in [0.2, 0.25) is 0 Å². The van der Waals surface area contributed by atoms with E-state index in [1.54, 1.807) is 25.1 Å². The number of aromatic nitrogens is 3. The standard InChI is InChI=1S/C22H15F3N4O5/c1-11-4-2-3-5-13(11)18(30)27-29-17-9-16(28-7-6-12(10-28)21(33)34)14(22(23,24)25)8-15(17)26-19(31)20(29)32/h2-10H,1H3,(H,26,31)(H,27,30)(H,33,34). The minimum absolute atomic E-state index is 0.187. The fourth-order valence-corrected chi connectivity index (χ4v) is 3.46. The van der Waals surface area contributed by atoms with Crippen molar-refractivity contribution in [1.29, 1.82) is 0 Å². The van der Waals surface area contributed by atoms with Gasteiger partial charge in [0, 0.05) is 18.0 Å². The Morgan fingerprint density at radius 2 is 1.79 bits per heavy atom. The van der Waals surface area contributed by atoms with Gasteiger partial charge in [-0.15, -0.1) is 0 Å². The zero-order valence-corrected chi connectivity index (χ0v) is 17.3. The Morgan fingerprint density at radius 3 is 2.41 bits per heavy atom. The van der Waals surface area contributed by atoms with Gasteiger partial charge < -0.3 is 14.7 Å². The number of carboxylic acid groups (broad SMARTS) is 1. The van der Waals surface area contributed by atoms with Crippen LogP contribution in [0.4, 0.5) is 13.2 Å². The van der Waals surface area contributed by atoms with Gasteiger partial charge in [0.1, 0.15) is 0 Å². The highest BCUT2D eigenvalue weighted by Crippen LogP contribution is 2.36. The van der Waals surface area contributed by atoms with Gasteiger partial charge in [0.25, 0.3) is 5.91 Å². The molecule has 0 radical (unpaired) electrons. The first-order valence-corrected chi connectivity index (χ1v) is 9.66. The number of amides is 1. The third-order valence-corrected chi connectivity index (χ3v) is 5.13. The van der Waals surface area contributed by atoms with E-state index in [0.717, 1.165) is 29.1 Å². The first kappa shape index (κ1) is 22.6. The molecule has 174 valence electrons. The maximum atomic E-state index is 13.8. The topological polar surface area (TPSA) is 126 Å². The Morgan fingerprint density at radius 1 is 1.09 bits per heavy atom. The number of benzene rings is 2. The van der Waals surface area contributed by atoms with Gasteiger partial charge in [0.05, 0.1) is 27.8 Å². The van der Waals surface area contributed by atoms with E-state index in [1.165, 1.54) is 6.07 Å². The molecule has 0 spiro atoms. The maximum Gasteiger partial charge on any atom is 0.418 e. The van der Waals surface area contributed by atoms with Gasteiger partial charge in [0.15, 0.2) is 0 Å². The molecular weight excluding hydrogens is 457 g/mol. The molecule has 0 fully saturated rings. The van der Waals surface area contributed by atoms with E-state index in [9.17, 15) is 32.3 Å². The number of halogens is 3. The van der Waals surface area contributed by atoms with Crippen molar-refractivity contribution in [2.24, 2.45) is 0 Å². The van der Waals surface area contributed by atoms with Crippen molar-refractivity contribution in [2.45, 2.75) is 13.1 Å². The van der Waals surface area contributed by atoms with E-state index < -0.39 is 40.4 Å². The van der Waals surface area contributed by atoms with E-state index in [0.29, 0.717) is 16.3 Å². The molecule has 4 aromatic rings. The smallest absolute Gasteiger partial charge is 0.418 e. The lowest BCUT2D eigenvalue weighted by atomic mass is 10.1. The summed E-state index contributed by atoms with van der Waals surface area (Å²) in [6.45, 7) is 1.65. The molecule has 2 heterocycles. The molecule has 2 aromatic heterocycles. The molecule has 0 aliphatic heterocycles.